The minimum atomic E-state index is -0.0947. The quantitative estimate of drug-likeness (QED) is 0.732. The van der Waals surface area contributed by atoms with Gasteiger partial charge in [0.05, 0.1) is 16.6 Å². The number of hydrogen-bond donors (Lipinski definition) is 1. The number of rotatable bonds is 2. The summed E-state index contributed by atoms with van der Waals surface area (Å²) < 4.78 is 5.84. The maximum Gasteiger partial charge on any atom is 0.289 e. The van der Waals surface area contributed by atoms with E-state index in [-0.39, 0.29) is 11.7 Å². The van der Waals surface area contributed by atoms with E-state index in [0.717, 1.165) is 42.5 Å². The molecule has 1 fully saturated rings. The zero-order valence-corrected chi connectivity index (χ0v) is 16.0. The first kappa shape index (κ1) is 17.2. The van der Waals surface area contributed by atoms with Crippen LogP contribution in [0.1, 0.15) is 69.7 Å². The van der Waals surface area contributed by atoms with Gasteiger partial charge in [0, 0.05) is 37.4 Å². The van der Waals surface area contributed by atoms with Crippen LogP contribution in [0, 0.1) is 6.92 Å². The van der Waals surface area contributed by atoms with Gasteiger partial charge >= 0.3 is 0 Å². The molecule has 1 aliphatic carbocycles. The Bertz CT molecular complexity index is 1040. The highest BCUT2D eigenvalue weighted by molar-refractivity contribution is 6.03. The zero-order chi connectivity index (χ0) is 19.3. The number of piperidine rings is 1. The number of ketones is 1. The lowest BCUT2D eigenvalue weighted by Gasteiger charge is -2.30. The second kappa shape index (κ2) is 6.62. The Morgan fingerprint density at radius 3 is 2.75 bits per heavy atom. The number of aromatic nitrogens is 2. The number of nitrogens with one attached hydrogen (secondary N) is 1. The van der Waals surface area contributed by atoms with Crippen molar-refractivity contribution in [1.29, 1.82) is 0 Å². The van der Waals surface area contributed by atoms with Crippen LogP contribution in [0.5, 0.6) is 0 Å². The largest absolute Gasteiger partial charge is 0.455 e. The molecule has 1 N–H and O–H groups in total. The second-order valence-electron chi connectivity index (χ2n) is 7.84. The maximum absolute atomic E-state index is 13.0. The Morgan fingerprint density at radius 2 is 2.00 bits per heavy atom. The highest BCUT2D eigenvalue weighted by Crippen LogP contribution is 2.32. The predicted octanol–water partition coefficient (Wildman–Crippen LogP) is 4.00. The fraction of sp³-hybridized carbons (Fsp3) is 0.409. The van der Waals surface area contributed by atoms with E-state index in [2.05, 4.69) is 4.98 Å². The molecule has 3 heterocycles. The summed E-state index contributed by atoms with van der Waals surface area (Å²) >= 11 is 0. The molecule has 28 heavy (non-hydrogen) atoms. The van der Waals surface area contributed by atoms with E-state index >= 15 is 0 Å². The Hall–Kier alpha value is -2.89. The summed E-state index contributed by atoms with van der Waals surface area (Å²) in [4.78, 5) is 35.2. The molecule has 1 aromatic carbocycles. The fourth-order valence-corrected chi connectivity index (χ4v) is 4.52. The van der Waals surface area contributed by atoms with Crippen molar-refractivity contribution in [3.8, 4) is 0 Å². The number of nitrogens with zero attached hydrogens (tertiary/aromatic N) is 2. The third-order valence-corrected chi connectivity index (χ3v) is 6.08. The number of Topliss-reactive ketones (excluding diaryl/α,β-unsaturated/α-hetero) is 1. The number of H-pyrrole nitrogens is 1. The number of amides is 1. The molecule has 0 spiro atoms. The van der Waals surface area contributed by atoms with Crippen molar-refractivity contribution >= 4 is 22.7 Å². The number of carbonyl (C=O) groups excluding carboxylic acids is 2. The molecule has 1 amide bonds. The lowest BCUT2D eigenvalue weighted by Crippen LogP contribution is -2.38. The van der Waals surface area contributed by atoms with Crippen molar-refractivity contribution in [3.63, 3.8) is 0 Å². The summed E-state index contributed by atoms with van der Waals surface area (Å²) in [5.74, 6) is 2.37. The number of carbonyl (C=O) groups is 2. The van der Waals surface area contributed by atoms with Crippen molar-refractivity contribution in [1.82, 2.24) is 14.9 Å². The molecular formula is C22H23N3O3. The average molecular weight is 377 g/mol. The molecule has 5 rings (SSSR count). The predicted molar refractivity (Wildman–Crippen MR) is 105 cm³/mol. The summed E-state index contributed by atoms with van der Waals surface area (Å²) in [6.07, 6.45) is 3.82. The standard InChI is InChI=1S/C22H23N3O3/c1-13-19-17(26)7-4-8-18(19)28-20(13)22(27)25-11-9-14(10-12-25)21-23-15-5-2-3-6-16(15)24-21/h2-3,5-6,14H,4,7-12H2,1H3,(H,23,24). The Morgan fingerprint density at radius 1 is 1.21 bits per heavy atom. The molecule has 6 heteroatoms. The summed E-state index contributed by atoms with van der Waals surface area (Å²) in [5, 5.41) is 0. The summed E-state index contributed by atoms with van der Waals surface area (Å²) in [6.45, 7) is 3.17. The number of para-hydroxylation sites is 2. The average Bonchev–Trinajstić information content (AvgIpc) is 3.30. The van der Waals surface area contributed by atoms with Crippen LogP contribution >= 0.6 is 0 Å². The number of aryl methyl sites for hydroxylation is 1. The Balaban J connectivity index is 1.32. The molecule has 1 saturated heterocycles. The first-order chi connectivity index (χ1) is 13.6. The van der Waals surface area contributed by atoms with Crippen LogP contribution in [-0.2, 0) is 6.42 Å². The number of imidazole rings is 1. The van der Waals surface area contributed by atoms with Gasteiger partial charge < -0.3 is 14.3 Å². The van der Waals surface area contributed by atoms with E-state index in [1.165, 1.54) is 0 Å². The van der Waals surface area contributed by atoms with Gasteiger partial charge in [-0.15, -0.1) is 0 Å². The number of furan rings is 1. The zero-order valence-electron chi connectivity index (χ0n) is 16.0. The SMILES string of the molecule is Cc1c(C(=O)N2CCC(c3nc4ccccc4[nH]3)CC2)oc2c1C(=O)CCC2. The number of benzene rings is 1. The first-order valence-corrected chi connectivity index (χ1v) is 10.0. The van der Waals surface area contributed by atoms with Crippen LogP contribution in [0.3, 0.4) is 0 Å². The van der Waals surface area contributed by atoms with Gasteiger partial charge in [0.2, 0.25) is 0 Å². The number of likely N-dealkylation sites (tertiary alicyclic amines) is 1. The van der Waals surface area contributed by atoms with Crippen LogP contribution in [0.4, 0.5) is 0 Å². The molecular weight excluding hydrogens is 354 g/mol. The van der Waals surface area contributed by atoms with Gasteiger partial charge in [-0.05, 0) is 38.3 Å². The lowest BCUT2D eigenvalue weighted by atomic mass is 9.93. The van der Waals surface area contributed by atoms with E-state index in [9.17, 15) is 9.59 Å². The van der Waals surface area contributed by atoms with Gasteiger partial charge in [0.15, 0.2) is 11.5 Å². The van der Waals surface area contributed by atoms with E-state index in [0.29, 0.717) is 48.1 Å². The molecule has 144 valence electrons. The fourth-order valence-electron chi connectivity index (χ4n) is 4.52. The minimum absolute atomic E-state index is 0.0947. The molecule has 0 saturated carbocycles. The highest BCUT2D eigenvalue weighted by Gasteiger charge is 2.33. The molecule has 0 bridgehead atoms. The van der Waals surface area contributed by atoms with Crippen molar-refractivity contribution < 1.29 is 14.0 Å². The number of fused-ring (bicyclic) bond motifs is 2. The van der Waals surface area contributed by atoms with Crippen molar-refractivity contribution in [2.24, 2.45) is 0 Å². The number of aromatic amines is 1. The van der Waals surface area contributed by atoms with Gasteiger partial charge in [0.1, 0.15) is 11.6 Å². The third kappa shape index (κ3) is 2.75. The van der Waals surface area contributed by atoms with Gasteiger partial charge in [-0.2, -0.15) is 0 Å². The van der Waals surface area contributed by atoms with Gasteiger partial charge in [-0.3, -0.25) is 9.59 Å². The molecule has 0 atom stereocenters. The first-order valence-electron chi connectivity index (χ1n) is 10.0. The van der Waals surface area contributed by atoms with Gasteiger partial charge in [0.25, 0.3) is 5.91 Å². The van der Waals surface area contributed by atoms with Crippen molar-refractivity contribution in [2.45, 2.75) is 44.9 Å². The highest BCUT2D eigenvalue weighted by atomic mass is 16.4. The molecule has 0 unspecified atom stereocenters. The topological polar surface area (TPSA) is 79.2 Å². The van der Waals surface area contributed by atoms with Crippen LogP contribution in [0.2, 0.25) is 0 Å². The molecule has 2 aliphatic rings. The second-order valence-corrected chi connectivity index (χ2v) is 7.84. The van der Waals surface area contributed by atoms with Crippen LogP contribution in [0.25, 0.3) is 11.0 Å². The van der Waals surface area contributed by atoms with Crippen molar-refractivity contribution in [2.75, 3.05) is 13.1 Å². The summed E-state index contributed by atoms with van der Waals surface area (Å²) in [6, 6.07) is 8.04. The molecule has 1 aliphatic heterocycles. The smallest absolute Gasteiger partial charge is 0.289 e. The van der Waals surface area contributed by atoms with E-state index in [1.807, 2.05) is 36.1 Å². The lowest BCUT2D eigenvalue weighted by molar-refractivity contribution is 0.0675. The number of hydrogen-bond acceptors (Lipinski definition) is 4. The Labute approximate surface area is 162 Å². The normalized spacial score (nSPS) is 17.9. The molecule has 2 aromatic heterocycles. The Kier molecular flexibility index (Phi) is 4.07. The monoisotopic (exact) mass is 377 g/mol. The molecule has 3 aromatic rings. The van der Waals surface area contributed by atoms with E-state index < -0.39 is 0 Å². The third-order valence-electron chi connectivity index (χ3n) is 6.08. The minimum Gasteiger partial charge on any atom is -0.455 e. The van der Waals surface area contributed by atoms with E-state index in [1.54, 1.807) is 0 Å². The van der Waals surface area contributed by atoms with Crippen LogP contribution < -0.4 is 0 Å². The maximum atomic E-state index is 13.0. The van der Waals surface area contributed by atoms with Crippen LogP contribution in [-0.4, -0.2) is 39.6 Å². The summed E-state index contributed by atoms with van der Waals surface area (Å²) in [5.41, 5.74) is 3.39. The molecule has 6 nitrogen and oxygen atoms in total. The van der Waals surface area contributed by atoms with E-state index in [4.69, 9.17) is 9.40 Å². The van der Waals surface area contributed by atoms with Crippen LogP contribution in [0.15, 0.2) is 28.7 Å². The van der Waals surface area contributed by atoms with Crippen molar-refractivity contribution in [3.05, 3.63) is 52.7 Å². The van der Waals surface area contributed by atoms with Gasteiger partial charge in [-0.1, -0.05) is 12.1 Å². The van der Waals surface area contributed by atoms with Gasteiger partial charge in [-0.25, -0.2) is 4.98 Å². The summed E-state index contributed by atoms with van der Waals surface area (Å²) in [7, 11) is 0. The molecule has 0 radical (unpaired) electrons.